The van der Waals surface area contributed by atoms with Crippen LogP contribution in [0.1, 0.15) is 67.8 Å². The summed E-state index contributed by atoms with van der Waals surface area (Å²) >= 11 is 1.44. The van der Waals surface area contributed by atoms with E-state index >= 15 is 0 Å². The predicted octanol–water partition coefficient (Wildman–Crippen LogP) is 3.50. The molecule has 0 radical (unpaired) electrons. The number of ether oxygens (including phenoxy) is 1. The van der Waals surface area contributed by atoms with Crippen LogP contribution in [-0.2, 0) is 11.3 Å². The number of rotatable bonds is 6. The van der Waals surface area contributed by atoms with Gasteiger partial charge in [0.2, 0.25) is 11.8 Å². The molecule has 0 spiro atoms. The molecule has 1 saturated carbocycles. The predicted molar refractivity (Wildman–Crippen MR) is 79.4 cm³/mol. The van der Waals surface area contributed by atoms with Crippen LogP contribution in [0.15, 0.2) is 14.2 Å². The molecule has 0 saturated heterocycles. The summed E-state index contributed by atoms with van der Waals surface area (Å²) in [5, 5.41) is 12.7. The minimum Gasteiger partial charge on any atom is -0.416 e. The maximum absolute atomic E-state index is 5.80. The molecular weight excluding hydrogens is 304 g/mol. The van der Waals surface area contributed by atoms with Crippen molar-refractivity contribution in [2.24, 2.45) is 0 Å². The van der Waals surface area contributed by atoms with Gasteiger partial charge in [0.1, 0.15) is 6.61 Å². The van der Waals surface area contributed by atoms with Crippen LogP contribution < -0.4 is 0 Å². The largest absolute Gasteiger partial charge is 0.416 e. The van der Waals surface area contributed by atoms with E-state index in [9.17, 15) is 0 Å². The smallest absolute Gasteiger partial charge is 0.277 e. The maximum atomic E-state index is 5.80. The highest BCUT2D eigenvalue weighted by Gasteiger charge is 2.23. The molecule has 1 unspecified atom stereocenters. The molecule has 0 bridgehead atoms. The highest BCUT2D eigenvalue weighted by atomic mass is 32.2. The lowest BCUT2D eigenvalue weighted by Gasteiger charge is -2.17. The molecule has 8 heteroatoms. The van der Waals surface area contributed by atoms with Crippen LogP contribution >= 0.6 is 11.8 Å². The van der Waals surface area contributed by atoms with Crippen LogP contribution in [0.25, 0.3) is 0 Å². The molecule has 0 aromatic carbocycles. The standard InChI is InChI=1S/C14H20N4O3S/c1-9(12-15-11(8-19-2)18-21-12)22-14-17-16-13(20-14)10-6-4-3-5-7-10/h9-10H,3-8H2,1-2H3. The van der Waals surface area contributed by atoms with Gasteiger partial charge in [-0.2, -0.15) is 4.98 Å². The number of thioether (sulfide) groups is 1. The molecule has 1 atom stereocenters. The number of aromatic nitrogens is 4. The van der Waals surface area contributed by atoms with Gasteiger partial charge in [0.05, 0.1) is 5.25 Å². The third kappa shape index (κ3) is 3.67. The Morgan fingerprint density at radius 2 is 2.09 bits per heavy atom. The zero-order chi connectivity index (χ0) is 15.4. The molecule has 22 heavy (non-hydrogen) atoms. The number of nitrogens with zero attached hydrogens (tertiary/aromatic N) is 4. The summed E-state index contributed by atoms with van der Waals surface area (Å²) in [6, 6.07) is 0. The Kier molecular flexibility index (Phi) is 5.09. The highest BCUT2D eigenvalue weighted by Crippen LogP contribution is 2.36. The average Bonchev–Trinajstić information content (AvgIpc) is 3.18. The first-order chi connectivity index (χ1) is 10.8. The van der Waals surface area contributed by atoms with Crippen molar-refractivity contribution in [3.05, 3.63) is 17.6 Å². The molecule has 1 fully saturated rings. The van der Waals surface area contributed by atoms with Gasteiger partial charge in [0.25, 0.3) is 5.22 Å². The fourth-order valence-electron chi connectivity index (χ4n) is 2.60. The zero-order valence-corrected chi connectivity index (χ0v) is 13.6. The Balaban J connectivity index is 1.61. The van der Waals surface area contributed by atoms with Crippen LogP contribution in [0.4, 0.5) is 0 Å². The Labute approximate surface area is 133 Å². The molecule has 2 aromatic heterocycles. The van der Waals surface area contributed by atoms with Crippen molar-refractivity contribution in [2.75, 3.05) is 7.11 Å². The van der Waals surface area contributed by atoms with E-state index in [2.05, 4.69) is 20.3 Å². The van der Waals surface area contributed by atoms with Crippen LogP contribution in [0.2, 0.25) is 0 Å². The van der Waals surface area contributed by atoms with E-state index in [0.29, 0.717) is 29.5 Å². The third-order valence-electron chi connectivity index (χ3n) is 3.76. The van der Waals surface area contributed by atoms with E-state index < -0.39 is 0 Å². The van der Waals surface area contributed by atoms with E-state index in [1.54, 1.807) is 7.11 Å². The van der Waals surface area contributed by atoms with Crippen LogP contribution in [0, 0.1) is 0 Å². The molecule has 2 aromatic rings. The van der Waals surface area contributed by atoms with Gasteiger partial charge in [-0.3, -0.25) is 0 Å². The average molecular weight is 324 g/mol. The Morgan fingerprint density at radius 3 is 2.86 bits per heavy atom. The molecule has 0 amide bonds. The third-order valence-corrected chi connectivity index (χ3v) is 4.68. The van der Waals surface area contributed by atoms with Crippen molar-refractivity contribution in [2.45, 2.75) is 62.0 Å². The second-order valence-electron chi connectivity index (χ2n) is 5.48. The quantitative estimate of drug-likeness (QED) is 0.746. The van der Waals surface area contributed by atoms with Gasteiger partial charge in [0.15, 0.2) is 5.82 Å². The molecule has 2 heterocycles. The van der Waals surface area contributed by atoms with Gasteiger partial charge in [-0.25, -0.2) is 0 Å². The summed E-state index contributed by atoms with van der Waals surface area (Å²) in [7, 11) is 1.60. The maximum Gasteiger partial charge on any atom is 0.277 e. The van der Waals surface area contributed by atoms with Gasteiger partial charge in [-0.1, -0.05) is 36.2 Å². The van der Waals surface area contributed by atoms with Crippen molar-refractivity contribution < 1.29 is 13.7 Å². The van der Waals surface area contributed by atoms with Gasteiger partial charge < -0.3 is 13.7 Å². The fraction of sp³-hybridized carbons (Fsp3) is 0.714. The molecule has 120 valence electrons. The first kappa shape index (κ1) is 15.5. The highest BCUT2D eigenvalue weighted by molar-refractivity contribution is 7.99. The first-order valence-corrected chi connectivity index (χ1v) is 8.45. The Hall–Kier alpha value is -1.41. The number of hydrogen-bond acceptors (Lipinski definition) is 8. The van der Waals surface area contributed by atoms with E-state index in [4.69, 9.17) is 13.7 Å². The summed E-state index contributed by atoms with van der Waals surface area (Å²) in [4.78, 5) is 4.28. The van der Waals surface area contributed by atoms with E-state index in [1.807, 2.05) is 6.92 Å². The Morgan fingerprint density at radius 1 is 1.27 bits per heavy atom. The molecule has 0 N–H and O–H groups in total. The molecule has 1 aliphatic rings. The van der Waals surface area contributed by atoms with E-state index in [1.165, 1.54) is 31.0 Å². The van der Waals surface area contributed by atoms with Crippen LogP contribution in [0.3, 0.4) is 0 Å². The number of methoxy groups -OCH3 is 1. The normalized spacial score (nSPS) is 17.7. The first-order valence-electron chi connectivity index (χ1n) is 7.57. The Bertz CT molecular complexity index is 594. The fourth-order valence-corrected chi connectivity index (χ4v) is 3.32. The topological polar surface area (TPSA) is 87.1 Å². The zero-order valence-electron chi connectivity index (χ0n) is 12.8. The van der Waals surface area contributed by atoms with Gasteiger partial charge in [0, 0.05) is 13.0 Å². The van der Waals surface area contributed by atoms with E-state index in [-0.39, 0.29) is 5.25 Å². The molecule has 3 rings (SSSR count). The summed E-state index contributed by atoms with van der Waals surface area (Å²) < 4.78 is 16.0. The van der Waals surface area contributed by atoms with Gasteiger partial charge >= 0.3 is 0 Å². The lowest BCUT2D eigenvalue weighted by atomic mass is 9.89. The summed E-state index contributed by atoms with van der Waals surface area (Å²) in [6.45, 7) is 2.31. The van der Waals surface area contributed by atoms with E-state index in [0.717, 1.165) is 18.7 Å². The monoisotopic (exact) mass is 324 g/mol. The lowest BCUT2D eigenvalue weighted by molar-refractivity contribution is 0.174. The minimum atomic E-state index is -0.0437. The van der Waals surface area contributed by atoms with Crippen molar-refractivity contribution >= 4 is 11.8 Å². The molecule has 0 aliphatic heterocycles. The second-order valence-corrected chi connectivity index (χ2v) is 6.78. The van der Waals surface area contributed by atoms with Crippen molar-refractivity contribution in [1.82, 2.24) is 20.3 Å². The van der Waals surface area contributed by atoms with Gasteiger partial charge in [-0.05, 0) is 19.8 Å². The lowest BCUT2D eigenvalue weighted by Crippen LogP contribution is -2.04. The molecule has 7 nitrogen and oxygen atoms in total. The SMILES string of the molecule is COCc1noc(C(C)Sc2nnc(C3CCCCC3)o2)n1. The molecule has 1 aliphatic carbocycles. The van der Waals surface area contributed by atoms with Crippen molar-refractivity contribution in [1.29, 1.82) is 0 Å². The summed E-state index contributed by atoms with van der Waals surface area (Å²) in [5.41, 5.74) is 0. The van der Waals surface area contributed by atoms with Crippen molar-refractivity contribution in [3.8, 4) is 0 Å². The van der Waals surface area contributed by atoms with Gasteiger partial charge in [-0.15, -0.1) is 10.2 Å². The summed E-state index contributed by atoms with van der Waals surface area (Å²) in [6.07, 6.45) is 6.09. The number of hydrogen-bond donors (Lipinski definition) is 0. The second kappa shape index (κ2) is 7.23. The van der Waals surface area contributed by atoms with Crippen LogP contribution in [0.5, 0.6) is 0 Å². The molecular formula is C14H20N4O3S. The van der Waals surface area contributed by atoms with Crippen LogP contribution in [-0.4, -0.2) is 27.4 Å². The minimum absolute atomic E-state index is 0.0437. The summed E-state index contributed by atoms with van der Waals surface area (Å²) in [5.74, 6) is 2.26. The van der Waals surface area contributed by atoms with Crippen molar-refractivity contribution in [3.63, 3.8) is 0 Å².